The minimum atomic E-state index is -0.292. The molecule has 0 saturated carbocycles. The van der Waals surface area contributed by atoms with Crippen molar-refractivity contribution >= 4 is 61.7 Å². The molecule has 154 valence electrons. The highest BCUT2D eigenvalue weighted by Gasteiger charge is 2.33. The van der Waals surface area contributed by atoms with E-state index in [0.717, 1.165) is 32.7 Å². The Kier molecular flexibility index (Phi) is 5.83. The summed E-state index contributed by atoms with van der Waals surface area (Å²) in [6.07, 6.45) is 5.10. The van der Waals surface area contributed by atoms with Crippen LogP contribution in [0.4, 0.5) is 4.79 Å². The first-order chi connectivity index (χ1) is 14.5. The fraction of sp³-hybridized carbons (Fsp3) is 0.190. The molecule has 0 spiro atoms. The van der Waals surface area contributed by atoms with Gasteiger partial charge in [0.2, 0.25) is 5.91 Å². The minimum Gasteiger partial charge on any atom is -0.467 e. The van der Waals surface area contributed by atoms with Gasteiger partial charge in [-0.2, -0.15) is 0 Å². The number of thioether (sulfide) groups is 1. The molecule has 1 aliphatic rings. The third-order valence-corrected chi connectivity index (χ3v) is 6.10. The van der Waals surface area contributed by atoms with E-state index in [4.69, 9.17) is 4.42 Å². The first-order valence-electron chi connectivity index (χ1n) is 9.29. The van der Waals surface area contributed by atoms with Crippen molar-refractivity contribution in [3.8, 4) is 0 Å². The van der Waals surface area contributed by atoms with Gasteiger partial charge in [0.05, 0.1) is 17.7 Å². The molecule has 1 fully saturated rings. The van der Waals surface area contributed by atoms with Crippen LogP contribution in [0.1, 0.15) is 18.2 Å². The Labute approximate surface area is 185 Å². The highest BCUT2D eigenvalue weighted by atomic mass is 79.9. The summed E-state index contributed by atoms with van der Waals surface area (Å²) in [5, 5.41) is 3.44. The second kappa shape index (κ2) is 8.53. The van der Waals surface area contributed by atoms with E-state index in [0.29, 0.717) is 23.8 Å². The molecule has 1 aliphatic heterocycles. The predicted molar refractivity (Wildman–Crippen MR) is 119 cm³/mol. The molecule has 2 aromatic heterocycles. The van der Waals surface area contributed by atoms with Gasteiger partial charge in [0.25, 0.3) is 11.1 Å². The maximum Gasteiger partial charge on any atom is 0.293 e. The molecule has 0 atom stereocenters. The summed E-state index contributed by atoms with van der Waals surface area (Å²) in [4.78, 5) is 38.5. The second-order valence-electron chi connectivity index (χ2n) is 6.66. The highest BCUT2D eigenvalue weighted by Crippen LogP contribution is 2.34. The number of rotatable bonds is 6. The summed E-state index contributed by atoms with van der Waals surface area (Å²) >= 11 is 4.41. The van der Waals surface area contributed by atoms with Crippen LogP contribution in [0.2, 0.25) is 0 Å². The maximum atomic E-state index is 12.5. The van der Waals surface area contributed by atoms with Gasteiger partial charge in [0.1, 0.15) is 12.3 Å². The number of amides is 3. The number of carbonyl (C=O) groups is 3. The van der Waals surface area contributed by atoms with Crippen LogP contribution < -0.4 is 5.32 Å². The number of aromatic nitrogens is 1. The van der Waals surface area contributed by atoms with Crippen molar-refractivity contribution in [1.82, 2.24) is 14.8 Å². The molecule has 3 aromatic rings. The molecule has 4 rings (SSSR count). The number of benzene rings is 1. The molecule has 0 aliphatic carbocycles. The molecule has 1 saturated heterocycles. The van der Waals surface area contributed by atoms with E-state index < -0.39 is 0 Å². The van der Waals surface area contributed by atoms with Gasteiger partial charge in [-0.25, -0.2) is 0 Å². The van der Waals surface area contributed by atoms with E-state index in [1.54, 1.807) is 31.4 Å². The number of fused-ring (bicyclic) bond motifs is 1. The Morgan fingerprint density at radius 3 is 2.83 bits per heavy atom. The summed E-state index contributed by atoms with van der Waals surface area (Å²) < 4.78 is 7.94. The van der Waals surface area contributed by atoms with E-state index in [2.05, 4.69) is 21.2 Å². The molecule has 0 unspecified atom stereocenters. The number of hydrogen-bond acceptors (Lipinski definition) is 5. The average Bonchev–Trinajstić information content (AvgIpc) is 3.41. The van der Waals surface area contributed by atoms with Crippen molar-refractivity contribution in [2.45, 2.75) is 20.0 Å². The standard InChI is InChI=1S/C21H18BrN3O4S/c1-2-25-20(27)18(30-21(25)28)8-13-11-24(17-6-5-14(22)9-16(13)17)12-19(26)23-10-15-4-3-7-29-15/h3-9,11H,2,10,12H2,1H3,(H,23,26)/b18-8-. The molecule has 9 heteroatoms. The van der Waals surface area contributed by atoms with E-state index in [-0.39, 0.29) is 23.6 Å². The highest BCUT2D eigenvalue weighted by molar-refractivity contribution is 9.10. The summed E-state index contributed by atoms with van der Waals surface area (Å²) in [7, 11) is 0. The SMILES string of the molecule is CCN1C(=O)S/C(=C\c2cn(CC(=O)NCc3ccco3)c3ccc(Br)cc23)C1=O. The van der Waals surface area contributed by atoms with Crippen LogP contribution in [0, 0.1) is 0 Å². The number of nitrogens with zero attached hydrogens (tertiary/aromatic N) is 2. The quantitative estimate of drug-likeness (QED) is 0.521. The Morgan fingerprint density at radius 2 is 2.13 bits per heavy atom. The summed E-state index contributed by atoms with van der Waals surface area (Å²) in [6.45, 7) is 2.53. The Hall–Kier alpha value is -2.78. The predicted octanol–water partition coefficient (Wildman–Crippen LogP) is 4.37. The minimum absolute atomic E-state index is 0.114. The molecule has 0 bridgehead atoms. The fourth-order valence-electron chi connectivity index (χ4n) is 3.27. The molecule has 3 amide bonds. The Morgan fingerprint density at radius 1 is 1.30 bits per heavy atom. The van der Waals surface area contributed by atoms with Crippen LogP contribution in [-0.4, -0.2) is 33.1 Å². The van der Waals surface area contributed by atoms with Gasteiger partial charge in [-0.15, -0.1) is 0 Å². The zero-order valence-corrected chi connectivity index (χ0v) is 18.5. The van der Waals surface area contributed by atoms with Crippen molar-refractivity contribution in [3.63, 3.8) is 0 Å². The number of carbonyl (C=O) groups excluding carboxylic acids is 3. The largest absolute Gasteiger partial charge is 0.467 e. The van der Waals surface area contributed by atoms with E-state index in [1.165, 1.54) is 4.90 Å². The van der Waals surface area contributed by atoms with E-state index >= 15 is 0 Å². The number of likely N-dealkylation sites (N-methyl/N-ethyl adjacent to an activating group) is 1. The smallest absolute Gasteiger partial charge is 0.293 e. The zero-order chi connectivity index (χ0) is 21.3. The number of furan rings is 1. The summed E-state index contributed by atoms with van der Waals surface area (Å²) in [5.41, 5.74) is 1.62. The number of halogens is 1. The van der Waals surface area contributed by atoms with Gasteiger partial charge in [-0.1, -0.05) is 15.9 Å². The summed E-state index contributed by atoms with van der Waals surface area (Å²) in [5.74, 6) is 0.223. The van der Waals surface area contributed by atoms with Crippen molar-refractivity contribution in [2.75, 3.05) is 6.54 Å². The zero-order valence-electron chi connectivity index (χ0n) is 16.1. The molecule has 1 N–H and O–H groups in total. The number of hydrogen-bond donors (Lipinski definition) is 1. The molecule has 0 radical (unpaired) electrons. The topological polar surface area (TPSA) is 84.6 Å². The summed E-state index contributed by atoms with van der Waals surface area (Å²) in [6, 6.07) is 9.31. The van der Waals surface area contributed by atoms with Crippen LogP contribution in [0.15, 0.2) is 56.6 Å². The lowest BCUT2D eigenvalue weighted by molar-refractivity contribution is -0.123. The van der Waals surface area contributed by atoms with Gasteiger partial charge in [-0.3, -0.25) is 19.3 Å². The first kappa shape index (κ1) is 20.5. The molecular formula is C21H18BrN3O4S. The Bertz CT molecular complexity index is 1170. The molecular weight excluding hydrogens is 470 g/mol. The van der Waals surface area contributed by atoms with Crippen LogP contribution in [0.5, 0.6) is 0 Å². The van der Waals surface area contributed by atoms with Gasteiger partial charge >= 0.3 is 0 Å². The lowest BCUT2D eigenvalue weighted by Gasteiger charge is -2.06. The van der Waals surface area contributed by atoms with Gasteiger partial charge in [-0.05, 0) is 55.1 Å². The third-order valence-electron chi connectivity index (χ3n) is 4.70. The van der Waals surface area contributed by atoms with Crippen LogP contribution in [0.3, 0.4) is 0 Å². The molecule has 1 aromatic carbocycles. The lowest BCUT2D eigenvalue weighted by atomic mass is 10.1. The lowest BCUT2D eigenvalue weighted by Crippen LogP contribution is -2.27. The first-order valence-corrected chi connectivity index (χ1v) is 10.9. The molecule has 7 nitrogen and oxygen atoms in total. The van der Waals surface area contributed by atoms with Crippen LogP contribution in [-0.2, 0) is 22.7 Å². The third kappa shape index (κ3) is 4.08. The monoisotopic (exact) mass is 487 g/mol. The van der Waals surface area contributed by atoms with E-state index in [9.17, 15) is 14.4 Å². The average molecular weight is 488 g/mol. The van der Waals surface area contributed by atoms with Gasteiger partial charge in [0.15, 0.2) is 0 Å². The number of nitrogens with one attached hydrogen (secondary N) is 1. The number of imide groups is 1. The molecule has 30 heavy (non-hydrogen) atoms. The van der Waals surface area contributed by atoms with E-state index in [1.807, 2.05) is 29.0 Å². The normalized spacial score (nSPS) is 15.5. The van der Waals surface area contributed by atoms with Gasteiger partial charge in [0, 0.05) is 33.7 Å². The fourth-order valence-corrected chi connectivity index (χ4v) is 4.52. The van der Waals surface area contributed by atoms with Gasteiger partial charge < -0.3 is 14.3 Å². The Balaban J connectivity index is 1.62. The van der Waals surface area contributed by atoms with Crippen molar-refractivity contribution in [2.24, 2.45) is 0 Å². The second-order valence-corrected chi connectivity index (χ2v) is 8.56. The van der Waals surface area contributed by atoms with Crippen molar-refractivity contribution in [1.29, 1.82) is 0 Å². The molecule has 3 heterocycles. The van der Waals surface area contributed by atoms with Crippen molar-refractivity contribution < 1.29 is 18.8 Å². The van der Waals surface area contributed by atoms with Crippen molar-refractivity contribution in [3.05, 3.63) is 63.5 Å². The van der Waals surface area contributed by atoms with Crippen LogP contribution >= 0.6 is 27.7 Å². The maximum absolute atomic E-state index is 12.5. The van der Waals surface area contributed by atoms with Crippen LogP contribution in [0.25, 0.3) is 17.0 Å².